The van der Waals surface area contributed by atoms with E-state index in [4.69, 9.17) is 9.47 Å². The van der Waals surface area contributed by atoms with Gasteiger partial charge in [-0.15, -0.1) is 0 Å². The third-order valence-electron chi connectivity index (χ3n) is 4.04. The molecule has 2 aromatic carbocycles. The van der Waals surface area contributed by atoms with Gasteiger partial charge in [-0.05, 0) is 43.9 Å². The molecule has 0 amide bonds. The summed E-state index contributed by atoms with van der Waals surface area (Å²) < 4.78 is 10.7. The predicted molar refractivity (Wildman–Crippen MR) is 92.6 cm³/mol. The number of unbranched alkanes of at least 4 members (excludes halogenated alkanes) is 1. The predicted octanol–water partition coefficient (Wildman–Crippen LogP) is 4.61. The quantitative estimate of drug-likeness (QED) is 0.527. The summed E-state index contributed by atoms with van der Waals surface area (Å²) in [5, 5.41) is 0. The highest BCUT2D eigenvalue weighted by molar-refractivity contribution is 5.97. The molecule has 0 atom stereocenters. The molecule has 0 saturated heterocycles. The maximum Gasteiger partial charge on any atom is 0.163 e. The van der Waals surface area contributed by atoms with Gasteiger partial charge in [-0.2, -0.15) is 0 Å². The number of carbonyl (C=O) groups is 1. The van der Waals surface area contributed by atoms with Crippen molar-refractivity contribution in [3.8, 4) is 11.5 Å². The standard InChI is InChI=1S/C20H24O3/c1-15-19(22-2)13-17(14-20(15)23-3)18(21)12-8-7-11-16-9-5-4-6-10-16/h4-6,9-10,13-14H,7-8,11-12H2,1-3H3. The SMILES string of the molecule is COc1cc(C(=O)CCCCc2ccccc2)cc(OC)c1C. The first-order valence-corrected chi connectivity index (χ1v) is 7.95. The lowest BCUT2D eigenvalue weighted by Gasteiger charge is -2.12. The fourth-order valence-electron chi connectivity index (χ4n) is 2.65. The minimum atomic E-state index is 0.134. The van der Waals surface area contributed by atoms with Gasteiger partial charge in [0.25, 0.3) is 0 Å². The lowest BCUT2D eigenvalue weighted by Crippen LogP contribution is -2.02. The number of hydrogen-bond donors (Lipinski definition) is 0. The van der Waals surface area contributed by atoms with Crippen molar-refractivity contribution >= 4 is 5.78 Å². The van der Waals surface area contributed by atoms with E-state index in [2.05, 4.69) is 12.1 Å². The Morgan fingerprint density at radius 2 is 1.57 bits per heavy atom. The Hall–Kier alpha value is -2.29. The Morgan fingerprint density at radius 3 is 2.13 bits per heavy atom. The second-order valence-corrected chi connectivity index (χ2v) is 5.62. The summed E-state index contributed by atoms with van der Waals surface area (Å²) >= 11 is 0. The van der Waals surface area contributed by atoms with Gasteiger partial charge < -0.3 is 9.47 Å². The minimum Gasteiger partial charge on any atom is -0.496 e. The number of ketones is 1. The van der Waals surface area contributed by atoms with Crippen molar-refractivity contribution in [3.63, 3.8) is 0 Å². The van der Waals surface area contributed by atoms with E-state index >= 15 is 0 Å². The van der Waals surface area contributed by atoms with Crippen LogP contribution in [0.5, 0.6) is 11.5 Å². The normalized spacial score (nSPS) is 10.4. The molecule has 2 aromatic rings. The highest BCUT2D eigenvalue weighted by atomic mass is 16.5. The molecule has 3 nitrogen and oxygen atoms in total. The van der Waals surface area contributed by atoms with Crippen LogP contribution in [0.2, 0.25) is 0 Å². The van der Waals surface area contributed by atoms with Crippen molar-refractivity contribution in [1.82, 2.24) is 0 Å². The van der Waals surface area contributed by atoms with Gasteiger partial charge in [0.05, 0.1) is 14.2 Å². The van der Waals surface area contributed by atoms with E-state index in [1.54, 1.807) is 26.4 Å². The Kier molecular flexibility index (Phi) is 6.21. The van der Waals surface area contributed by atoms with Crippen LogP contribution in [0.4, 0.5) is 0 Å². The van der Waals surface area contributed by atoms with Crippen molar-refractivity contribution in [1.29, 1.82) is 0 Å². The minimum absolute atomic E-state index is 0.134. The summed E-state index contributed by atoms with van der Waals surface area (Å²) in [5.41, 5.74) is 2.89. The molecule has 0 radical (unpaired) electrons. The first-order valence-electron chi connectivity index (χ1n) is 7.95. The largest absolute Gasteiger partial charge is 0.496 e. The van der Waals surface area contributed by atoms with Crippen LogP contribution in [0.25, 0.3) is 0 Å². The maximum absolute atomic E-state index is 12.4. The molecule has 23 heavy (non-hydrogen) atoms. The summed E-state index contributed by atoms with van der Waals surface area (Å²) in [6.07, 6.45) is 3.44. The Balaban J connectivity index is 1.93. The average Bonchev–Trinajstić information content (AvgIpc) is 2.59. The molecule has 0 N–H and O–H groups in total. The summed E-state index contributed by atoms with van der Waals surface area (Å²) in [5.74, 6) is 1.52. The second kappa shape index (κ2) is 8.37. The van der Waals surface area contributed by atoms with Crippen LogP contribution in [-0.4, -0.2) is 20.0 Å². The Bertz CT molecular complexity index is 622. The first-order chi connectivity index (χ1) is 11.2. The Morgan fingerprint density at radius 1 is 0.957 bits per heavy atom. The number of hydrogen-bond acceptors (Lipinski definition) is 3. The fourth-order valence-corrected chi connectivity index (χ4v) is 2.65. The van der Waals surface area contributed by atoms with Crippen molar-refractivity contribution in [3.05, 3.63) is 59.2 Å². The van der Waals surface area contributed by atoms with Crippen LogP contribution in [0, 0.1) is 6.92 Å². The van der Waals surface area contributed by atoms with Crippen molar-refractivity contribution in [2.24, 2.45) is 0 Å². The number of carbonyl (C=O) groups excluding carboxylic acids is 1. The van der Waals surface area contributed by atoms with E-state index in [9.17, 15) is 4.79 Å². The van der Waals surface area contributed by atoms with Crippen molar-refractivity contribution < 1.29 is 14.3 Å². The van der Waals surface area contributed by atoms with Gasteiger partial charge in [-0.3, -0.25) is 4.79 Å². The molecule has 0 saturated carbocycles. The molecule has 122 valence electrons. The highest BCUT2D eigenvalue weighted by Gasteiger charge is 2.13. The van der Waals surface area contributed by atoms with Gasteiger partial charge in [0.15, 0.2) is 5.78 Å². The molecule has 0 heterocycles. The van der Waals surface area contributed by atoms with E-state index in [0.717, 1.165) is 24.8 Å². The zero-order valence-corrected chi connectivity index (χ0v) is 14.1. The summed E-state index contributed by atoms with van der Waals surface area (Å²) in [7, 11) is 3.21. The van der Waals surface area contributed by atoms with Gasteiger partial charge in [-0.25, -0.2) is 0 Å². The lowest BCUT2D eigenvalue weighted by atomic mass is 10.0. The smallest absolute Gasteiger partial charge is 0.163 e. The molecule has 3 heteroatoms. The van der Waals surface area contributed by atoms with E-state index < -0.39 is 0 Å². The fraction of sp³-hybridized carbons (Fsp3) is 0.350. The van der Waals surface area contributed by atoms with Gasteiger partial charge in [-0.1, -0.05) is 30.3 Å². The topological polar surface area (TPSA) is 35.5 Å². The first kappa shape index (κ1) is 17.1. The molecule has 0 fully saturated rings. The maximum atomic E-state index is 12.4. The summed E-state index contributed by atoms with van der Waals surface area (Å²) in [6.45, 7) is 1.92. The van der Waals surface area contributed by atoms with Gasteiger partial charge >= 0.3 is 0 Å². The van der Waals surface area contributed by atoms with Crippen LogP contribution in [0.15, 0.2) is 42.5 Å². The number of rotatable bonds is 8. The number of methoxy groups -OCH3 is 2. The second-order valence-electron chi connectivity index (χ2n) is 5.62. The van der Waals surface area contributed by atoms with Gasteiger partial charge in [0, 0.05) is 17.5 Å². The van der Waals surface area contributed by atoms with Gasteiger partial charge in [0.1, 0.15) is 11.5 Å². The Labute approximate surface area is 138 Å². The molecule has 0 bridgehead atoms. The molecule has 0 unspecified atom stereocenters. The van der Waals surface area contributed by atoms with Crippen LogP contribution < -0.4 is 9.47 Å². The van der Waals surface area contributed by atoms with Crippen LogP contribution in [0.3, 0.4) is 0 Å². The van der Waals surface area contributed by atoms with E-state index in [1.165, 1.54) is 5.56 Å². The number of Topliss-reactive ketones (excluding diaryl/α,β-unsaturated/α-hetero) is 1. The summed E-state index contributed by atoms with van der Waals surface area (Å²) in [4.78, 5) is 12.4. The van der Waals surface area contributed by atoms with E-state index in [0.29, 0.717) is 23.5 Å². The third-order valence-corrected chi connectivity index (χ3v) is 4.04. The monoisotopic (exact) mass is 312 g/mol. The third kappa shape index (κ3) is 4.59. The molecule has 0 aliphatic carbocycles. The van der Waals surface area contributed by atoms with Crippen LogP contribution in [0.1, 0.15) is 40.7 Å². The molecule has 0 aliphatic heterocycles. The molecular weight excluding hydrogens is 288 g/mol. The number of benzene rings is 2. The van der Waals surface area contributed by atoms with Crippen LogP contribution >= 0.6 is 0 Å². The van der Waals surface area contributed by atoms with Gasteiger partial charge in [0.2, 0.25) is 0 Å². The molecule has 0 spiro atoms. The number of aryl methyl sites for hydroxylation is 1. The zero-order valence-electron chi connectivity index (χ0n) is 14.1. The number of ether oxygens (including phenoxy) is 2. The molecule has 0 aromatic heterocycles. The highest BCUT2D eigenvalue weighted by Crippen LogP contribution is 2.30. The van der Waals surface area contributed by atoms with E-state index in [1.807, 2.05) is 25.1 Å². The lowest BCUT2D eigenvalue weighted by molar-refractivity contribution is 0.0978. The molecule has 2 rings (SSSR count). The van der Waals surface area contributed by atoms with Crippen molar-refractivity contribution in [2.75, 3.05) is 14.2 Å². The molecular formula is C20H24O3. The van der Waals surface area contributed by atoms with Crippen molar-refractivity contribution in [2.45, 2.75) is 32.6 Å². The molecule has 0 aliphatic rings. The van der Waals surface area contributed by atoms with E-state index in [-0.39, 0.29) is 5.78 Å². The summed E-state index contributed by atoms with van der Waals surface area (Å²) in [6, 6.07) is 14.0. The van der Waals surface area contributed by atoms with Crippen LogP contribution in [-0.2, 0) is 6.42 Å². The average molecular weight is 312 g/mol. The zero-order chi connectivity index (χ0) is 16.7.